The van der Waals surface area contributed by atoms with Gasteiger partial charge in [0, 0.05) is 15.6 Å². The van der Waals surface area contributed by atoms with Gasteiger partial charge in [-0.1, -0.05) is 54.1 Å². The summed E-state index contributed by atoms with van der Waals surface area (Å²) in [4.78, 5) is 13.7. The fourth-order valence-corrected chi connectivity index (χ4v) is 5.26. The highest BCUT2D eigenvalue weighted by Crippen LogP contribution is 2.51. The van der Waals surface area contributed by atoms with Crippen molar-refractivity contribution in [1.29, 1.82) is 5.26 Å². The molecule has 2 N–H and O–H groups in total. The molecule has 5 rings (SSSR count). The molecule has 1 aliphatic heterocycles. The van der Waals surface area contributed by atoms with Crippen LogP contribution >= 0.6 is 22.9 Å². The van der Waals surface area contributed by atoms with Crippen molar-refractivity contribution in [1.82, 2.24) is 0 Å². The van der Waals surface area contributed by atoms with E-state index in [1.165, 1.54) is 11.3 Å². The van der Waals surface area contributed by atoms with Gasteiger partial charge in [0.25, 0.3) is 0 Å². The molecule has 0 saturated carbocycles. The lowest BCUT2D eigenvalue weighted by atomic mass is 9.87. The number of hydrogen-bond acceptors (Lipinski definition) is 6. The predicted molar refractivity (Wildman–Crippen MR) is 124 cm³/mol. The Bertz CT molecular complexity index is 1450. The number of hydrogen-bond donors (Lipinski definition) is 1. The molecule has 1 atom stereocenters. The number of carbonyl (C=O) groups is 1. The topological polar surface area (TPSA) is 85.3 Å². The van der Waals surface area contributed by atoms with Crippen molar-refractivity contribution in [3.8, 4) is 17.6 Å². The Morgan fingerprint density at radius 1 is 1.06 bits per heavy atom. The van der Waals surface area contributed by atoms with Gasteiger partial charge in [-0.25, -0.2) is 4.79 Å². The lowest BCUT2D eigenvalue weighted by molar-refractivity contribution is 0.0733. The van der Waals surface area contributed by atoms with Crippen LogP contribution in [0, 0.1) is 11.3 Å². The zero-order valence-electron chi connectivity index (χ0n) is 16.5. The van der Waals surface area contributed by atoms with E-state index in [2.05, 4.69) is 6.07 Å². The number of allylic oxidation sites excluding steroid dienone is 1. The zero-order chi connectivity index (χ0) is 22.2. The van der Waals surface area contributed by atoms with Gasteiger partial charge in [-0.15, -0.1) is 11.3 Å². The van der Waals surface area contributed by atoms with Crippen LogP contribution < -0.4 is 15.2 Å². The molecule has 0 fully saturated rings. The van der Waals surface area contributed by atoms with Gasteiger partial charge in [0.1, 0.15) is 17.4 Å². The Morgan fingerprint density at radius 2 is 1.78 bits per heavy atom. The first kappa shape index (κ1) is 20.1. The maximum absolute atomic E-state index is 12.8. The highest BCUT2D eigenvalue weighted by molar-refractivity contribution is 7.19. The largest absolute Gasteiger partial charge is 0.439 e. The number of carbonyl (C=O) groups excluding carboxylic acids is 1. The van der Waals surface area contributed by atoms with Crippen LogP contribution in [-0.2, 0) is 0 Å². The number of rotatable bonds is 3. The van der Waals surface area contributed by atoms with Crippen LogP contribution in [0.1, 0.15) is 26.7 Å². The molecule has 4 aromatic rings. The van der Waals surface area contributed by atoms with Crippen molar-refractivity contribution in [2.75, 3.05) is 0 Å². The first-order chi connectivity index (χ1) is 15.6. The predicted octanol–water partition coefficient (Wildman–Crippen LogP) is 5.99. The van der Waals surface area contributed by atoms with Crippen LogP contribution in [0.5, 0.6) is 11.5 Å². The van der Waals surface area contributed by atoms with E-state index in [1.807, 2.05) is 36.4 Å². The fraction of sp³-hybridized carbons (Fsp3) is 0.0400. The standard InChI is InChI=1S/C25H15ClN2O3S/c26-18-10-4-1-7-14(18)25(29)30-19-11-5-2-8-15(19)21-17(13-27)24(28)31-22-16-9-3-6-12-20(16)32-23(21)22/h1-12,21H,28H2. The number of esters is 1. The number of para-hydroxylation sites is 1. The maximum atomic E-state index is 12.8. The van der Waals surface area contributed by atoms with E-state index in [0.717, 1.165) is 15.0 Å². The molecular weight excluding hydrogens is 444 g/mol. The summed E-state index contributed by atoms with van der Waals surface area (Å²) in [5, 5.41) is 11.1. The van der Waals surface area contributed by atoms with Crippen molar-refractivity contribution in [2.24, 2.45) is 5.73 Å². The molecule has 0 amide bonds. The van der Waals surface area contributed by atoms with Crippen molar-refractivity contribution in [2.45, 2.75) is 5.92 Å². The van der Waals surface area contributed by atoms with Crippen LogP contribution in [0.3, 0.4) is 0 Å². The van der Waals surface area contributed by atoms with E-state index in [4.69, 9.17) is 26.8 Å². The van der Waals surface area contributed by atoms with Gasteiger partial charge in [0.2, 0.25) is 5.88 Å². The van der Waals surface area contributed by atoms with Gasteiger partial charge in [-0.2, -0.15) is 5.26 Å². The Hall–Kier alpha value is -3.79. The van der Waals surface area contributed by atoms with Crippen LogP contribution in [0.4, 0.5) is 0 Å². The molecule has 0 radical (unpaired) electrons. The summed E-state index contributed by atoms with van der Waals surface area (Å²) >= 11 is 7.69. The van der Waals surface area contributed by atoms with Gasteiger partial charge in [-0.05, 0) is 30.3 Å². The van der Waals surface area contributed by atoms with Gasteiger partial charge in [0.05, 0.1) is 21.4 Å². The summed E-state index contributed by atoms with van der Waals surface area (Å²) in [5.74, 6) is -0.119. The molecule has 32 heavy (non-hydrogen) atoms. The Labute approximate surface area is 192 Å². The second kappa shape index (κ2) is 8.04. The van der Waals surface area contributed by atoms with Crippen molar-refractivity contribution >= 4 is 39.0 Å². The van der Waals surface area contributed by atoms with Crippen LogP contribution in [0.2, 0.25) is 5.02 Å². The SMILES string of the molecule is N#CC1=C(N)Oc2c(sc3ccccc23)C1c1ccccc1OC(=O)c1ccccc1Cl. The normalized spacial score (nSPS) is 15.1. The summed E-state index contributed by atoms with van der Waals surface area (Å²) in [6.07, 6.45) is 0. The molecule has 1 aliphatic rings. The van der Waals surface area contributed by atoms with E-state index in [-0.39, 0.29) is 17.0 Å². The number of benzene rings is 3. The Balaban J connectivity index is 1.65. The van der Waals surface area contributed by atoms with Gasteiger partial charge in [0.15, 0.2) is 5.75 Å². The number of ether oxygens (including phenoxy) is 2. The van der Waals surface area contributed by atoms with E-state index in [1.54, 1.807) is 36.4 Å². The minimum Gasteiger partial charge on any atom is -0.439 e. The number of nitriles is 1. The van der Waals surface area contributed by atoms with E-state index < -0.39 is 11.9 Å². The number of thiophene rings is 1. The third-order valence-electron chi connectivity index (χ3n) is 5.25. The third kappa shape index (κ3) is 3.28. The number of nitrogens with two attached hydrogens (primary N) is 1. The maximum Gasteiger partial charge on any atom is 0.345 e. The summed E-state index contributed by atoms with van der Waals surface area (Å²) in [7, 11) is 0. The highest BCUT2D eigenvalue weighted by Gasteiger charge is 2.35. The molecule has 2 heterocycles. The second-order valence-electron chi connectivity index (χ2n) is 7.12. The minimum absolute atomic E-state index is 0.0424. The molecular formula is C25H15ClN2O3S. The van der Waals surface area contributed by atoms with E-state index >= 15 is 0 Å². The summed E-state index contributed by atoms with van der Waals surface area (Å²) < 4.78 is 12.6. The van der Waals surface area contributed by atoms with Gasteiger partial charge in [-0.3, -0.25) is 0 Å². The molecule has 1 unspecified atom stereocenters. The molecule has 156 valence electrons. The monoisotopic (exact) mass is 458 g/mol. The molecule has 0 saturated heterocycles. The van der Waals surface area contributed by atoms with Crippen molar-refractivity contribution in [3.63, 3.8) is 0 Å². The molecule has 5 nitrogen and oxygen atoms in total. The molecule has 0 bridgehead atoms. The lowest BCUT2D eigenvalue weighted by Gasteiger charge is -2.25. The first-order valence-corrected chi connectivity index (χ1v) is 10.9. The highest BCUT2D eigenvalue weighted by atomic mass is 35.5. The quantitative estimate of drug-likeness (QED) is 0.301. The second-order valence-corrected chi connectivity index (χ2v) is 8.61. The molecule has 1 aromatic heterocycles. The zero-order valence-corrected chi connectivity index (χ0v) is 18.1. The van der Waals surface area contributed by atoms with E-state index in [9.17, 15) is 10.1 Å². The molecule has 0 aliphatic carbocycles. The van der Waals surface area contributed by atoms with E-state index in [0.29, 0.717) is 22.1 Å². The number of fused-ring (bicyclic) bond motifs is 3. The smallest absolute Gasteiger partial charge is 0.345 e. The average Bonchev–Trinajstić information content (AvgIpc) is 3.17. The van der Waals surface area contributed by atoms with Gasteiger partial charge >= 0.3 is 5.97 Å². The number of nitrogens with zero attached hydrogens (tertiary/aromatic N) is 1. The molecule has 3 aromatic carbocycles. The third-order valence-corrected chi connectivity index (χ3v) is 6.80. The Morgan fingerprint density at radius 3 is 2.59 bits per heavy atom. The minimum atomic E-state index is -0.581. The van der Waals surface area contributed by atoms with Gasteiger partial charge < -0.3 is 15.2 Å². The van der Waals surface area contributed by atoms with Crippen LogP contribution in [0.15, 0.2) is 84.3 Å². The van der Waals surface area contributed by atoms with Crippen LogP contribution in [0.25, 0.3) is 10.1 Å². The molecule has 7 heteroatoms. The summed E-state index contributed by atoms with van der Waals surface area (Å²) in [6.45, 7) is 0. The summed E-state index contributed by atoms with van der Waals surface area (Å²) in [6, 6.07) is 23.8. The Kier molecular flexibility index (Phi) is 5.06. The van der Waals surface area contributed by atoms with Crippen molar-refractivity contribution in [3.05, 3.63) is 105 Å². The number of halogens is 1. The average molecular weight is 459 g/mol. The molecule has 0 spiro atoms. The van der Waals surface area contributed by atoms with Crippen molar-refractivity contribution < 1.29 is 14.3 Å². The fourth-order valence-electron chi connectivity index (χ4n) is 3.78. The lowest BCUT2D eigenvalue weighted by Crippen LogP contribution is -2.20. The summed E-state index contributed by atoms with van der Waals surface area (Å²) in [5.41, 5.74) is 7.33. The first-order valence-electron chi connectivity index (χ1n) is 9.73. The van der Waals surface area contributed by atoms with Crippen LogP contribution in [-0.4, -0.2) is 5.97 Å².